The number of halogens is 1. The Morgan fingerprint density at radius 1 is 1.39 bits per heavy atom. The Labute approximate surface area is 159 Å². The minimum atomic E-state index is -4.31. The van der Waals surface area contributed by atoms with Gasteiger partial charge in [-0.25, -0.2) is 18.2 Å². The molecule has 1 aliphatic heterocycles. The Balaban J connectivity index is 1.85. The van der Waals surface area contributed by atoms with E-state index in [-0.39, 0.29) is 17.2 Å². The standard InChI is InChI=1S/C16H16FN5O5S/c1-18-16(25)22-11(8-2-3-8)6-10(19-22)9-4-5-12(23)15(14(9)17)21-7-13(24)20-28(21,26)27/h4-6,8,23H,2-3,7H2,1H3,(H,18,25)(H,20,24). The number of phenolic OH excluding ortho intramolecular Hbond substituents is 1. The first-order valence-electron chi connectivity index (χ1n) is 8.40. The van der Waals surface area contributed by atoms with Gasteiger partial charge < -0.3 is 10.4 Å². The predicted molar refractivity (Wildman–Crippen MR) is 95.5 cm³/mol. The van der Waals surface area contributed by atoms with Gasteiger partial charge in [-0.1, -0.05) is 0 Å². The van der Waals surface area contributed by atoms with E-state index in [1.54, 1.807) is 10.8 Å². The molecule has 1 aromatic carbocycles. The van der Waals surface area contributed by atoms with Crippen LogP contribution < -0.4 is 14.3 Å². The van der Waals surface area contributed by atoms with E-state index in [9.17, 15) is 23.1 Å². The van der Waals surface area contributed by atoms with Gasteiger partial charge in [0.1, 0.15) is 18.0 Å². The maximum atomic E-state index is 15.2. The fourth-order valence-corrected chi connectivity index (χ4v) is 4.26. The van der Waals surface area contributed by atoms with Crippen molar-refractivity contribution in [2.24, 2.45) is 0 Å². The van der Waals surface area contributed by atoms with Crippen molar-refractivity contribution >= 4 is 27.8 Å². The van der Waals surface area contributed by atoms with Gasteiger partial charge in [-0.05, 0) is 31.0 Å². The van der Waals surface area contributed by atoms with Gasteiger partial charge in [-0.2, -0.15) is 18.2 Å². The van der Waals surface area contributed by atoms with Gasteiger partial charge in [-0.3, -0.25) is 4.79 Å². The van der Waals surface area contributed by atoms with E-state index >= 15 is 4.39 Å². The SMILES string of the molecule is CNC(=O)n1nc(-c2ccc(O)c(N3CC(=O)NS3(=O)=O)c2F)cc1C1CC1. The highest BCUT2D eigenvalue weighted by Crippen LogP contribution is 2.43. The number of nitrogens with zero attached hydrogens (tertiary/aromatic N) is 3. The number of hydrogen-bond donors (Lipinski definition) is 3. The number of phenols is 1. The molecule has 2 amide bonds. The van der Waals surface area contributed by atoms with Crippen LogP contribution in [0.5, 0.6) is 5.75 Å². The van der Waals surface area contributed by atoms with E-state index < -0.39 is 45.9 Å². The smallest absolute Gasteiger partial charge is 0.342 e. The first-order valence-corrected chi connectivity index (χ1v) is 9.84. The number of nitrogens with one attached hydrogen (secondary N) is 2. The predicted octanol–water partition coefficient (Wildman–Crippen LogP) is 0.641. The van der Waals surface area contributed by atoms with Crippen LogP contribution in [0.2, 0.25) is 0 Å². The summed E-state index contributed by atoms with van der Waals surface area (Å²) in [6, 6.07) is 3.43. The Bertz CT molecular complexity index is 1110. The number of carbonyl (C=O) groups excluding carboxylic acids is 2. The van der Waals surface area contributed by atoms with Crippen LogP contribution in [0.25, 0.3) is 11.3 Å². The molecule has 0 bridgehead atoms. The minimum Gasteiger partial charge on any atom is -0.506 e. The van der Waals surface area contributed by atoms with Crippen LogP contribution in [-0.2, 0) is 15.0 Å². The van der Waals surface area contributed by atoms with Crippen molar-refractivity contribution in [1.82, 2.24) is 19.8 Å². The van der Waals surface area contributed by atoms with E-state index in [0.29, 0.717) is 10.00 Å². The number of hydrogen-bond acceptors (Lipinski definition) is 6. The fraction of sp³-hybridized carbons (Fsp3) is 0.312. The van der Waals surface area contributed by atoms with E-state index in [2.05, 4.69) is 10.4 Å². The van der Waals surface area contributed by atoms with Crippen LogP contribution >= 0.6 is 0 Å². The molecule has 3 N–H and O–H groups in total. The van der Waals surface area contributed by atoms with Crippen molar-refractivity contribution in [1.29, 1.82) is 0 Å². The summed E-state index contributed by atoms with van der Waals surface area (Å²) in [5, 5.41) is 16.7. The quantitative estimate of drug-likeness (QED) is 0.681. The molecule has 0 radical (unpaired) electrons. The zero-order valence-electron chi connectivity index (χ0n) is 14.6. The molecule has 4 rings (SSSR count). The average Bonchev–Trinajstić information content (AvgIpc) is 3.32. The molecule has 0 spiro atoms. The lowest BCUT2D eigenvalue weighted by Crippen LogP contribution is -2.30. The second kappa shape index (κ2) is 6.19. The van der Waals surface area contributed by atoms with Crippen molar-refractivity contribution < 1.29 is 27.5 Å². The van der Waals surface area contributed by atoms with Gasteiger partial charge in [0, 0.05) is 18.5 Å². The van der Waals surface area contributed by atoms with Crippen molar-refractivity contribution in [2.75, 3.05) is 17.9 Å². The highest BCUT2D eigenvalue weighted by molar-refractivity contribution is 7.92. The fourth-order valence-electron chi connectivity index (χ4n) is 3.10. The van der Waals surface area contributed by atoms with Gasteiger partial charge in [0.15, 0.2) is 5.82 Å². The molecular formula is C16H16FN5O5S. The zero-order valence-corrected chi connectivity index (χ0v) is 15.5. The van der Waals surface area contributed by atoms with Gasteiger partial charge >= 0.3 is 16.2 Å². The first kappa shape index (κ1) is 18.2. The molecule has 2 heterocycles. The van der Waals surface area contributed by atoms with Crippen LogP contribution in [0.4, 0.5) is 14.9 Å². The minimum absolute atomic E-state index is 0.105. The molecule has 2 fully saturated rings. The Morgan fingerprint density at radius 2 is 2.11 bits per heavy atom. The number of amides is 2. The molecule has 28 heavy (non-hydrogen) atoms. The zero-order chi connectivity index (χ0) is 20.2. The monoisotopic (exact) mass is 409 g/mol. The molecule has 1 aromatic heterocycles. The summed E-state index contributed by atoms with van der Waals surface area (Å²) < 4.78 is 42.7. The van der Waals surface area contributed by atoms with Gasteiger partial charge in [-0.15, -0.1) is 0 Å². The van der Waals surface area contributed by atoms with E-state index in [1.807, 2.05) is 0 Å². The summed E-state index contributed by atoms with van der Waals surface area (Å²) in [5.74, 6) is -2.42. The number of aromatic hydroxyl groups is 1. The summed E-state index contributed by atoms with van der Waals surface area (Å²) in [6.45, 7) is -0.656. The van der Waals surface area contributed by atoms with Crippen LogP contribution in [0.3, 0.4) is 0 Å². The second-order valence-corrected chi connectivity index (χ2v) is 8.12. The normalized spacial score (nSPS) is 18.2. The summed E-state index contributed by atoms with van der Waals surface area (Å²) in [6.07, 6.45) is 1.76. The summed E-state index contributed by atoms with van der Waals surface area (Å²) in [5.41, 5.74) is -0.0284. The van der Waals surface area contributed by atoms with Gasteiger partial charge in [0.2, 0.25) is 0 Å². The van der Waals surface area contributed by atoms with Crippen LogP contribution in [0.15, 0.2) is 18.2 Å². The van der Waals surface area contributed by atoms with Crippen molar-refractivity contribution in [2.45, 2.75) is 18.8 Å². The van der Waals surface area contributed by atoms with Crippen molar-refractivity contribution in [3.05, 3.63) is 29.7 Å². The molecule has 2 aliphatic rings. The lowest BCUT2D eigenvalue weighted by Gasteiger charge is -2.18. The molecule has 10 nitrogen and oxygen atoms in total. The van der Waals surface area contributed by atoms with E-state index in [4.69, 9.17) is 0 Å². The maximum Gasteiger partial charge on any atom is 0.342 e. The highest BCUT2D eigenvalue weighted by Gasteiger charge is 2.38. The second-order valence-electron chi connectivity index (χ2n) is 6.53. The van der Waals surface area contributed by atoms with Crippen LogP contribution in [0, 0.1) is 5.82 Å². The largest absolute Gasteiger partial charge is 0.506 e. The van der Waals surface area contributed by atoms with Crippen LogP contribution in [0.1, 0.15) is 24.5 Å². The topological polar surface area (TPSA) is 134 Å². The van der Waals surface area contributed by atoms with E-state index in [1.165, 1.54) is 13.1 Å². The Kier molecular flexibility index (Phi) is 4.03. The molecule has 0 unspecified atom stereocenters. The van der Waals surface area contributed by atoms with E-state index in [0.717, 1.165) is 23.6 Å². The van der Waals surface area contributed by atoms with Gasteiger partial charge in [0.25, 0.3) is 5.91 Å². The molecule has 148 valence electrons. The third-order valence-corrected chi connectivity index (χ3v) is 5.96. The molecule has 1 aliphatic carbocycles. The molecule has 1 saturated carbocycles. The third kappa shape index (κ3) is 2.85. The molecule has 12 heteroatoms. The number of aromatic nitrogens is 2. The lowest BCUT2D eigenvalue weighted by molar-refractivity contribution is -0.117. The average molecular weight is 409 g/mol. The molecular weight excluding hydrogens is 393 g/mol. The summed E-state index contributed by atoms with van der Waals surface area (Å²) in [7, 11) is -2.87. The summed E-state index contributed by atoms with van der Waals surface area (Å²) in [4.78, 5) is 23.5. The summed E-state index contributed by atoms with van der Waals surface area (Å²) >= 11 is 0. The van der Waals surface area contributed by atoms with Crippen molar-refractivity contribution in [3.63, 3.8) is 0 Å². The molecule has 1 saturated heterocycles. The number of anilines is 1. The first-order chi connectivity index (χ1) is 13.2. The third-order valence-electron chi connectivity index (χ3n) is 4.58. The Morgan fingerprint density at radius 3 is 2.68 bits per heavy atom. The van der Waals surface area contributed by atoms with Crippen molar-refractivity contribution in [3.8, 4) is 17.0 Å². The molecule has 0 atom stereocenters. The van der Waals surface area contributed by atoms with Gasteiger partial charge in [0.05, 0.1) is 11.4 Å². The Hall–Kier alpha value is -3.15. The number of rotatable bonds is 3. The van der Waals surface area contributed by atoms with Crippen LogP contribution in [-0.4, -0.2) is 48.8 Å². The molecule has 2 aromatic rings. The lowest BCUT2D eigenvalue weighted by atomic mass is 10.1. The maximum absolute atomic E-state index is 15.2. The number of benzene rings is 1. The highest BCUT2D eigenvalue weighted by atomic mass is 32.2. The number of carbonyl (C=O) groups is 2.